The van der Waals surface area contributed by atoms with Gasteiger partial charge in [-0.15, -0.1) is 0 Å². The molecule has 0 saturated carbocycles. The van der Waals surface area contributed by atoms with Crippen molar-refractivity contribution in [1.82, 2.24) is 0 Å². The quantitative estimate of drug-likeness (QED) is 0.876. The highest BCUT2D eigenvalue weighted by Crippen LogP contribution is 2.34. The van der Waals surface area contributed by atoms with Crippen LogP contribution in [0.4, 0.5) is 0 Å². The molecule has 0 spiro atoms. The van der Waals surface area contributed by atoms with Gasteiger partial charge in [0.05, 0.1) is 24.9 Å². The third-order valence-corrected chi connectivity index (χ3v) is 3.32. The molecular formula is C15H23NO2. The Morgan fingerprint density at radius 1 is 1.28 bits per heavy atom. The Kier molecular flexibility index (Phi) is 3.64. The molecule has 1 aromatic rings. The summed E-state index contributed by atoms with van der Waals surface area (Å²) in [6, 6.07) is 6.08. The third-order valence-electron chi connectivity index (χ3n) is 3.32. The summed E-state index contributed by atoms with van der Waals surface area (Å²) in [5.74, 6) is 0.862. The molecule has 0 fully saturated rings. The first-order chi connectivity index (χ1) is 8.40. The summed E-state index contributed by atoms with van der Waals surface area (Å²) in [4.78, 5) is 0. The summed E-state index contributed by atoms with van der Waals surface area (Å²) in [5.41, 5.74) is 8.67. The van der Waals surface area contributed by atoms with Crippen molar-refractivity contribution < 1.29 is 9.47 Å². The van der Waals surface area contributed by atoms with Crippen LogP contribution in [0, 0.1) is 0 Å². The van der Waals surface area contributed by atoms with Crippen molar-refractivity contribution in [3.63, 3.8) is 0 Å². The van der Waals surface area contributed by atoms with Gasteiger partial charge in [-0.25, -0.2) is 0 Å². The molecule has 3 heteroatoms. The van der Waals surface area contributed by atoms with E-state index in [0.29, 0.717) is 0 Å². The van der Waals surface area contributed by atoms with Gasteiger partial charge in [-0.1, -0.05) is 6.07 Å². The molecule has 18 heavy (non-hydrogen) atoms. The van der Waals surface area contributed by atoms with Gasteiger partial charge in [0.2, 0.25) is 0 Å². The highest BCUT2D eigenvalue weighted by atomic mass is 16.5. The fraction of sp³-hybridized carbons (Fsp3) is 0.600. The van der Waals surface area contributed by atoms with Gasteiger partial charge in [0, 0.05) is 0 Å². The van der Waals surface area contributed by atoms with E-state index in [1.807, 2.05) is 12.1 Å². The number of nitrogens with two attached hydrogens (primary N) is 1. The van der Waals surface area contributed by atoms with Crippen LogP contribution in [0.15, 0.2) is 18.2 Å². The predicted octanol–water partition coefficient (Wildman–Crippen LogP) is 2.82. The van der Waals surface area contributed by atoms with E-state index in [1.54, 1.807) is 7.11 Å². The second-order valence-corrected chi connectivity index (χ2v) is 5.90. The Bertz CT molecular complexity index is 423. The zero-order valence-corrected chi connectivity index (χ0v) is 11.7. The maximum Gasteiger partial charge on any atom is 0.119 e. The topological polar surface area (TPSA) is 44.5 Å². The first kappa shape index (κ1) is 13.4. The highest BCUT2D eigenvalue weighted by Gasteiger charge is 2.30. The molecule has 2 rings (SSSR count). The van der Waals surface area contributed by atoms with Crippen molar-refractivity contribution in [2.45, 2.75) is 51.4 Å². The molecule has 100 valence electrons. The summed E-state index contributed by atoms with van der Waals surface area (Å²) < 4.78 is 11.3. The van der Waals surface area contributed by atoms with E-state index in [2.05, 4.69) is 26.8 Å². The summed E-state index contributed by atoms with van der Waals surface area (Å²) in [5, 5.41) is 0. The van der Waals surface area contributed by atoms with Gasteiger partial charge >= 0.3 is 0 Å². The molecule has 1 aromatic carbocycles. The lowest BCUT2D eigenvalue weighted by molar-refractivity contribution is -0.0763. The fourth-order valence-electron chi connectivity index (χ4n) is 2.50. The average Bonchev–Trinajstić information content (AvgIpc) is 2.31. The lowest BCUT2D eigenvalue weighted by atomic mass is 9.85. The van der Waals surface area contributed by atoms with Crippen molar-refractivity contribution in [3.8, 4) is 5.75 Å². The number of benzene rings is 1. The minimum absolute atomic E-state index is 0.0666. The van der Waals surface area contributed by atoms with E-state index in [-0.39, 0.29) is 17.7 Å². The van der Waals surface area contributed by atoms with Gasteiger partial charge in [0.15, 0.2) is 0 Å². The van der Waals surface area contributed by atoms with E-state index in [1.165, 1.54) is 5.56 Å². The lowest BCUT2D eigenvalue weighted by Crippen LogP contribution is -2.38. The predicted molar refractivity (Wildman–Crippen MR) is 72.9 cm³/mol. The van der Waals surface area contributed by atoms with E-state index < -0.39 is 0 Å². The summed E-state index contributed by atoms with van der Waals surface area (Å²) >= 11 is 0. The van der Waals surface area contributed by atoms with Gasteiger partial charge in [0.1, 0.15) is 5.75 Å². The average molecular weight is 249 g/mol. The van der Waals surface area contributed by atoms with Crippen LogP contribution in [0.3, 0.4) is 0 Å². The number of hydrogen-bond donors (Lipinski definition) is 1. The number of fused-ring (bicyclic) bond motifs is 1. The molecule has 3 nitrogen and oxygen atoms in total. The summed E-state index contributed by atoms with van der Waals surface area (Å²) in [7, 11) is 1.68. The molecule has 0 amide bonds. The maximum atomic E-state index is 6.34. The van der Waals surface area contributed by atoms with Crippen LogP contribution in [-0.2, 0) is 11.2 Å². The van der Waals surface area contributed by atoms with Crippen LogP contribution in [0.1, 0.15) is 44.4 Å². The van der Waals surface area contributed by atoms with E-state index in [9.17, 15) is 0 Å². The zero-order valence-electron chi connectivity index (χ0n) is 11.7. The molecule has 2 atom stereocenters. The molecule has 1 aliphatic carbocycles. The van der Waals surface area contributed by atoms with Crippen LogP contribution < -0.4 is 10.5 Å². The van der Waals surface area contributed by atoms with Crippen molar-refractivity contribution in [2.75, 3.05) is 7.11 Å². The second kappa shape index (κ2) is 4.90. The molecule has 0 saturated heterocycles. The van der Waals surface area contributed by atoms with Gasteiger partial charge in [-0.2, -0.15) is 0 Å². The maximum absolute atomic E-state index is 6.34. The lowest BCUT2D eigenvalue weighted by Gasteiger charge is -2.35. The van der Waals surface area contributed by atoms with E-state index >= 15 is 0 Å². The molecule has 0 aliphatic heterocycles. The van der Waals surface area contributed by atoms with Crippen LogP contribution in [0.2, 0.25) is 0 Å². The van der Waals surface area contributed by atoms with Crippen LogP contribution in [0.25, 0.3) is 0 Å². The molecule has 0 radical (unpaired) electrons. The SMILES string of the molecule is COc1ccc2c(c1)C(N)C(OC(C)(C)C)CC2. The molecule has 0 aromatic heterocycles. The first-order valence-electron chi connectivity index (χ1n) is 6.51. The van der Waals surface area contributed by atoms with Gasteiger partial charge in [-0.05, 0) is 56.9 Å². The second-order valence-electron chi connectivity index (χ2n) is 5.90. The minimum atomic E-state index is -0.154. The van der Waals surface area contributed by atoms with Crippen molar-refractivity contribution in [3.05, 3.63) is 29.3 Å². The third kappa shape index (κ3) is 2.85. The molecule has 0 bridgehead atoms. The smallest absolute Gasteiger partial charge is 0.119 e. The Labute approximate surface area is 109 Å². The Balaban J connectivity index is 2.23. The number of methoxy groups -OCH3 is 1. The summed E-state index contributed by atoms with van der Waals surface area (Å²) in [6.07, 6.45) is 2.09. The Hall–Kier alpha value is -1.06. The number of ether oxygens (including phenoxy) is 2. The number of aryl methyl sites for hydroxylation is 1. The van der Waals surface area contributed by atoms with Gasteiger partial charge < -0.3 is 15.2 Å². The van der Waals surface area contributed by atoms with Crippen molar-refractivity contribution >= 4 is 0 Å². The normalized spacial score (nSPS) is 23.6. The van der Waals surface area contributed by atoms with Gasteiger partial charge in [0.25, 0.3) is 0 Å². The minimum Gasteiger partial charge on any atom is -0.497 e. The van der Waals surface area contributed by atoms with E-state index in [0.717, 1.165) is 24.2 Å². The zero-order chi connectivity index (χ0) is 13.3. The Morgan fingerprint density at radius 3 is 2.61 bits per heavy atom. The standard InChI is InChI=1S/C15H23NO2/c1-15(2,3)18-13-8-6-10-5-7-11(17-4)9-12(10)14(13)16/h5,7,9,13-14H,6,8,16H2,1-4H3. The largest absolute Gasteiger partial charge is 0.497 e. The number of hydrogen-bond acceptors (Lipinski definition) is 3. The van der Waals surface area contributed by atoms with Crippen LogP contribution >= 0.6 is 0 Å². The molecular weight excluding hydrogens is 226 g/mol. The molecule has 2 unspecified atom stereocenters. The fourth-order valence-corrected chi connectivity index (χ4v) is 2.50. The molecule has 0 heterocycles. The van der Waals surface area contributed by atoms with Crippen LogP contribution in [-0.4, -0.2) is 18.8 Å². The Morgan fingerprint density at radius 2 is 2.00 bits per heavy atom. The first-order valence-corrected chi connectivity index (χ1v) is 6.51. The van der Waals surface area contributed by atoms with Crippen molar-refractivity contribution in [2.24, 2.45) is 5.73 Å². The monoisotopic (exact) mass is 249 g/mol. The van der Waals surface area contributed by atoms with Gasteiger partial charge in [-0.3, -0.25) is 0 Å². The summed E-state index contributed by atoms with van der Waals surface area (Å²) in [6.45, 7) is 6.21. The molecule has 1 aliphatic rings. The van der Waals surface area contributed by atoms with Crippen LogP contribution in [0.5, 0.6) is 5.75 Å². The number of rotatable bonds is 2. The van der Waals surface area contributed by atoms with Crippen molar-refractivity contribution in [1.29, 1.82) is 0 Å². The highest BCUT2D eigenvalue weighted by molar-refractivity contribution is 5.39. The molecule has 2 N–H and O–H groups in total. The van der Waals surface area contributed by atoms with E-state index in [4.69, 9.17) is 15.2 Å².